The first-order valence-electron chi connectivity index (χ1n) is 9.11. The van der Waals surface area contributed by atoms with Crippen molar-refractivity contribution in [2.45, 2.75) is 40.2 Å². The molecule has 9 nitrogen and oxygen atoms in total. The summed E-state index contributed by atoms with van der Waals surface area (Å²) in [6.07, 6.45) is 3.50. The Morgan fingerprint density at radius 2 is 1.93 bits per heavy atom. The van der Waals surface area contributed by atoms with Gasteiger partial charge < -0.3 is 26.5 Å². The molecule has 0 atom stereocenters. The van der Waals surface area contributed by atoms with Crippen LogP contribution >= 0.6 is 11.3 Å². The van der Waals surface area contributed by atoms with Gasteiger partial charge in [0.1, 0.15) is 10.6 Å². The summed E-state index contributed by atoms with van der Waals surface area (Å²) < 4.78 is 0. The van der Waals surface area contributed by atoms with E-state index >= 15 is 0 Å². The zero-order valence-corrected chi connectivity index (χ0v) is 18.9. The van der Waals surface area contributed by atoms with Crippen molar-refractivity contribution in [1.29, 1.82) is 0 Å². The molecule has 7 N–H and O–H groups in total. The van der Waals surface area contributed by atoms with Crippen LogP contribution in [0.3, 0.4) is 0 Å². The average Bonchev–Trinajstić information content (AvgIpc) is 3.17. The molecule has 0 fully saturated rings. The van der Waals surface area contributed by atoms with Gasteiger partial charge in [0.05, 0.1) is 17.6 Å². The van der Waals surface area contributed by atoms with Crippen LogP contribution < -0.4 is 22.2 Å². The van der Waals surface area contributed by atoms with E-state index < -0.39 is 0 Å². The van der Waals surface area contributed by atoms with Gasteiger partial charge in [-0.1, -0.05) is 17.4 Å². The number of aromatic hydroxyl groups is 1. The third-order valence-corrected chi connectivity index (χ3v) is 5.04. The topological polar surface area (TPSA) is 147 Å². The number of thiazole rings is 1. The van der Waals surface area contributed by atoms with E-state index in [9.17, 15) is 14.7 Å². The fourth-order valence-corrected chi connectivity index (χ4v) is 2.75. The quantitative estimate of drug-likeness (QED) is 0.209. The molecule has 0 saturated heterocycles. The summed E-state index contributed by atoms with van der Waals surface area (Å²) in [7, 11) is 1.75. The molecular weight excluding hydrogens is 404 g/mol. The van der Waals surface area contributed by atoms with Gasteiger partial charge in [-0.15, -0.1) is 0 Å². The number of phenolic OH excluding ortho intramolecular Hbond substituents is 1. The van der Waals surface area contributed by atoms with Crippen LogP contribution in [0.1, 0.15) is 41.6 Å². The number of phenols is 1. The van der Waals surface area contributed by atoms with Gasteiger partial charge in [-0.2, -0.15) is 0 Å². The summed E-state index contributed by atoms with van der Waals surface area (Å²) >= 11 is 1.28. The number of amides is 1. The Bertz CT molecular complexity index is 918. The van der Waals surface area contributed by atoms with Crippen molar-refractivity contribution in [3.8, 4) is 5.75 Å². The first kappa shape index (κ1) is 24.9. The number of aldehydes is 1. The number of anilines is 2. The van der Waals surface area contributed by atoms with Gasteiger partial charge in [-0.3, -0.25) is 9.59 Å². The summed E-state index contributed by atoms with van der Waals surface area (Å²) in [6.45, 7) is 9.40. The maximum Gasteiger partial charge on any atom is 0.267 e. The van der Waals surface area contributed by atoms with Crippen molar-refractivity contribution < 1.29 is 14.7 Å². The Hall–Kier alpha value is -3.11. The molecule has 30 heavy (non-hydrogen) atoms. The van der Waals surface area contributed by atoms with Gasteiger partial charge >= 0.3 is 0 Å². The van der Waals surface area contributed by atoms with Crippen molar-refractivity contribution in [3.05, 3.63) is 46.2 Å². The highest BCUT2D eigenvalue weighted by molar-refractivity contribution is 7.17. The number of hydrogen-bond donors (Lipinski definition) is 5. The Labute approximate surface area is 180 Å². The molecule has 0 bridgehead atoms. The number of nitrogens with two attached hydrogens (primary N) is 2. The molecule has 0 saturated carbocycles. The van der Waals surface area contributed by atoms with Crippen molar-refractivity contribution >= 4 is 34.3 Å². The number of rotatable bonds is 5. The maximum atomic E-state index is 12.1. The Morgan fingerprint density at radius 1 is 1.30 bits per heavy atom. The fraction of sp³-hybridized carbons (Fsp3) is 0.350. The molecule has 1 aromatic heterocycles. The van der Waals surface area contributed by atoms with Gasteiger partial charge in [0, 0.05) is 24.4 Å². The first-order chi connectivity index (χ1) is 13.9. The number of hydrazine groups is 1. The van der Waals surface area contributed by atoms with Crippen molar-refractivity contribution in [2.24, 2.45) is 11.6 Å². The molecule has 1 heterocycles. The van der Waals surface area contributed by atoms with E-state index in [4.69, 9.17) is 11.6 Å². The monoisotopic (exact) mass is 434 g/mol. The smallest absolute Gasteiger partial charge is 0.267 e. The summed E-state index contributed by atoms with van der Waals surface area (Å²) in [6, 6.07) is 3.38. The number of nitrogens with one attached hydrogen (secondary N) is 2. The van der Waals surface area contributed by atoms with Crippen molar-refractivity contribution in [1.82, 2.24) is 9.99 Å². The molecule has 1 aromatic carbocycles. The first-order valence-corrected chi connectivity index (χ1v) is 9.93. The second-order valence-corrected chi connectivity index (χ2v) is 8.49. The molecule has 2 aromatic rings. The third-order valence-electron chi connectivity index (χ3n) is 4.03. The van der Waals surface area contributed by atoms with E-state index in [1.165, 1.54) is 28.7 Å². The lowest BCUT2D eigenvalue weighted by molar-refractivity contribution is -0.105. The number of hydrogen-bond acceptors (Lipinski definition) is 9. The van der Waals surface area contributed by atoms with E-state index in [0.29, 0.717) is 27.5 Å². The highest BCUT2D eigenvalue weighted by Crippen LogP contribution is 2.29. The lowest BCUT2D eigenvalue weighted by Gasteiger charge is -2.29. The minimum absolute atomic E-state index is 0.127. The van der Waals surface area contributed by atoms with Gasteiger partial charge in [-0.05, 0) is 46.2 Å². The summed E-state index contributed by atoms with van der Waals surface area (Å²) in [5.74, 6) is 5.49. The van der Waals surface area contributed by atoms with Gasteiger partial charge in [0.2, 0.25) is 0 Å². The zero-order chi connectivity index (χ0) is 23.1. The number of carbonyl (C=O) groups is 2. The van der Waals surface area contributed by atoms with Crippen LogP contribution in [0.15, 0.2) is 30.2 Å². The molecule has 10 heteroatoms. The van der Waals surface area contributed by atoms with Gasteiger partial charge in [0.15, 0.2) is 11.4 Å². The van der Waals surface area contributed by atoms with Crippen LogP contribution in [0.2, 0.25) is 0 Å². The normalized spacial score (nSPS) is 11.2. The van der Waals surface area contributed by atoms with Crippen molar-refractivity contribution in [2.75, 3.05) is 17.7 Å². The maximum absolute atomic E-state index is 12.1. The Balaban J connectivity index is 0.000000352. The zero-order valence-electron chi connectivity index (χ0n) is 18.1. The number of benzene rings is 1. The largest absolute Gasteiger partial charge is 0.508 e. The molecule has 0 unspecified atom stereocenters. The average molecular weight is 435 g/mol. The SMILES string of the molecule is CC(C)(C)N(N)/C=C(\N)C=O.CNc1ncc(C(=O)Nc2c(C)ccc(O)c2C)s1. The number of allylic oxidation sites excluding steroid dienone is 1. The predicted molar refractivity (Wildman–Crippen MR) is 121 cm³/mol. The van der Waals surface area contributed by atoms with Crippen LogP contribution in [0.4, 0.5) is 10.8 Å². The van der Waals surface area contributed by atoms with E-state index in [0.717, 1.165) is 5.56 Å². The number of aromatic nitrogens is 1. The second-order valence-electron chi connectivity index (χ2n) is 7.46. The third kappa shape index (κ3) is 7.05. The van der Waals surface area contributed by atoms with Crippen molar-refractivity contribution in [3.63, 3.8) is 0 Å². The van der Waals surface area contributed by atoms with Crippen LogP contribution in [0.5, 0.6) is 5.75 Å². The number of nitrogens with zero attached hydrogens (tertiary/aromatic N) is 2. The summed E-state index contributed by atoms with van der Waals surface area (Å²) in [5.41, 5.74) is 7.36. The van der Waals surface area contributed by atoms with E-state index in [2.05, 4.69) is 15.6 Å². The molecular formula is C20H30N6O3S. The lowest BCUT2D eigenvalue weighted by atomic mass is 10.1. The second kappa shape index (κ2) is 10.6. The molecule has 0 spiro atoms. The molecule has 164 valence electrons. The molecule has 0 aliphatic rings. The minimum atomic E-state index is -0.226. The molecule has 0 aliphatic carbocycles. The molecule has 0 aliphatic heterocycles. The van der Waals surface area contributed by atoms with E-state index in [1.54, 1.807) is 26.1 Å². The molecule has 0 radical (unpaired) electrons. The van der Waals surface area contributed by atoms with Crippen LogP contribution in [0, 0.1) is 13.8 Å². The number of aryl methyl sites for hydroxylation is 1. The van der Waals surface area contributed by atoms with E-state index in [1.807, 2.05) is 27.7 Å². The van der Waals surface area contributed by atoms with Gasteiger partial charge in [-0.25, -0.2) is 10.8 Å². The standard InChI is InChI=1S/C13H15N3O2S.C7H15N3O/c1-7-4-5-9(17)8(2)11(7)16-12(18)10-6-15-13(14-3)19-10;1-7(2,3)10(9)4-6(8)5-11/h4-6,17H,1-3H3,(H,14,15)(H,16,18);4-5H,8-9H2,1-3H3/b;6-4-. The highest BCUT2D eigenvalue weighted by Gasteiger charge is 2.15. The summed E-state index contributed by atoms with van der Waals surface area (Å²) in [5, 5.41) is 17.5. The highest BCUT2D eigenvalue weighted by atomic mass is 32.1. The Kier molecular flexibility index (Phi) is 8.81. The van der Waals surface area contributed by atoms with Crippen LogP contribution in [0.25, 0.3) is 0 Å². The Morgan fingerprint density at radius 3 is 2.43 bits per heavy atom. The van der Waals surface area contributed by atoms with Gasteiger partial charge in [0.25, 0.3) is 5.91 Å². The van der Waals surface area contributed by atoms with E-state index in [-0.39, 0.29) is 22.9 Å². The predicted octanol–water partition coefficient (Wildman–Crippen LogP) is 2.72. The molecule has 1 amide bonds. The van der Waals surface area contributed by atoms with Crippen LogP contribution in [-0.2, 0) is 4.79 Å². The summed E-state index contributed by atoms with van der Waals surface area (Å²) in [4.78, 5) is 26.8. The van der Waals surface area contributed by atoms with Crippen LogP contribution in [-0.4, -0.2) is 39.9 Å². The minimum Gasteiger partial charge on any atom is -0.508 e. The molecule has 2 rings (SSSR count). The fourth-order valence-electron chi connectivity index (χ4n) is 2.08. The lowest BCUT2D eigenvalue weighted by Crippen LogP contribution is -2.43. The number of carbonyl (C=O) groups excluding carboxylic acids is 2.